The molecule has 60 valence electrons. The van der Waals surface area contributed by atoms with Crippen LogP contribution in [0, 0.1) is 0 Å². The molecule has 1 saturated heterocycles. The van der Waals surface area contributed by atoms with Crippen molar-refractivity contribution in [1.82, 2.24) is 10.6 Å². The van der Waals surface area contributed by atoms with E-state index in [1.165, 1.54) is 0 Å². The van der Waals surface area contributed by atoms with Gasteiger partial charge in [0.25, 0.3) is 0 Å². The van der Waals surface area contributed by atoms with Crippen molar-refractivity contribution in [3.8, 4) is 0 Å². The van der Waals surface area contributed by atoms with E-state index < -0.39 is 0 Å². The van der Waals surface area contributed by atoms with Gasteiger partial charge in [-0.3, -0.25) is 0 Å². The first-order valence-electron chi connectivity index (χ1n) is 3.74. The van der Waals surface area contributed by atoms with Gasteiger partial charge in [-0.2, -0.15) is 0 Å². The Morgan fingerprint density at radius 1 is 1.50 bits per heavy atom. The van der Waals surface area contributed by atoms with Crippen molar-refractivity contribution in [3.05, 3.63) is 0 Å². The Labute approximate surface area is 61.3 Å². The summed E-state index contributed by atoms with van der Waals surface area (Å²) >= 11 is 0. The van der Waals surface area contributed by atoms with Crippen LogP contribution in [-0.2, 0) is 0 Å². The second-order valence-electron chi connectivity index (χ2n) is 2.66. The van der Waals surface area contributed by atoms with Crippen LogP contribution < -0.4 is 22.1 Å². The van der Waals surface area contributed by atoms with Gasteiger partial charge in [-0.25, -0.2) is 0 Å². The van der Waals surface area contributed by atoms with Crippen molar-refractivity contribution >= 4 is 0 Å². The zero-order valence-corrected chi connectivity index (χ0v) is 6.14. The predicted octanol–water partition coefficient (Wildman–Crippen LogP) is -2.17. The highest BCUT2D eigenvalue weighted by molar-refractivity contribution is 4.84. The van der Waals surface area contributed by atoms with Gasteiger partial charge in [0.05, 0.1) is 0 Å². The van der Waals surface area contributed by atoms with E-state index in [1.54, 1.807) is 0 Å². The van der Waals surface area contributed by atoms with Crippen LogP contribution in [0.25, 0.3) is 0 Å². The molecular formula is C6H16N4. The van der Waals surface area contributed by atoms with Gasteiger partial charge in [-0.05, 0) is 0 Å². The average Bonchev–Trinajstić information content (AvgIpc) is 2.05. The topological polar surface area (TPSA) is 76.1 Å². The summed E-state index contributed by atoms with van der Waals surface area (Å²) in [6.45, 7) is 3.53. The fourth-order valence-corrected chi connectivity index (χ4v) is 1.14. The minimum atomic E-state index is 0.0906. The largest absolute Gasteiger partial charge is 0.329 e. The number of nitrogens with one attached hydrogen (secondary N) is 2. The lowest BCUT2D eigenvalue weighted by Crippen LogP contribution is -2.58. The Kier molecular flexibility index (Phi) is 3.08. The van der Waals surface area contributed by atoms with Crippen LogP contribution >= 0.6 is 0 Å². The van der Waals surface area contributed by atoms with Gasteiger partial charge in [0.15, 0.2) is 0 Å². The summed E-state index contributed by atoms with van der Waals surface area (Å²) in [6, 6.07) is 0.451. The number of hydrogen-bond donors (Lipinski definition) is 4. The van der Waals surface area contributed by atoms with E-state index in [4.69, 9.17) is 11.5 Å². The normalized spacial score (nSPS) is 30.0. The third-order valence-corrected chi connectivity index (χ3v) is 1.86. The van der Waals surface area contributed by atoms with Crippen molar-refractivity contribution in [2.24, 2.45) is 11.5 Å². The molecule has 1 aliphatic heterocycles. The van der Waals surface area contributed by atoms with E-state index in [2.05, 4.69) is 10.6 Å². The van der Waals surface area contributed by atoms with Crippen LogP contribution in [0.2, 0.25) is 0 Å². The lowest BCUT2D eigenvalue weighted by Gasteiger charge is -2.28. The van der Waals surface area contributed by atoms with E-state index >= 15 is 0 Å². The van der Waals surface area contributed by atoms with Crippen molar-refractivity contribution in [2.75, 3.05) is 26.2 Å². The average molecular weight is 144 g/mol. The molecule has 0 aromatic carbocycles. The lowest BCUT2D eigenvalue weighted by molar-refractivity contribution is 0.368. The van der Waals surface area contributed by atoms with Crippen molar-refractivity contribution in [2.45, 2.75) is 12.1 Å². The van der Waals surface area contributed by atoms with Gasteiger partial charge in [0.1, 0.15) is 0 Å². The van der Waals surface area contributed by atoms with E-state index in [0.29, 0.717) is 12.6 Å². The Bertz CT molecular complexity index is 89.7. The molecule has 0 aromatic heterocycles. The Balaban J connectivity index is 2.24. The summed E-state index contributed by atoms with van der Waals surface area (Å²) in [5, 5.41) is 6.55. The van der Waals surface area contributed by atoms with Gasteiger partial charge in [-0.1, -0.05) is 0 Å². The third-order valence-electron chi connectivity index (χ3n) is 1.86. The van der Waals surface area contributed by atoms with Crippen molar-refractivity contribution in [3.63, 3.8) is 0 Å². The van der Waals surface area contributed by atoms with Gasteiger partial charge in [0.2, 0.25) is 0 Å². The molecule has 0 spiro atoms. The molecule has 10 heavy (non-hydrogen) atoms. The van der Waals surface area contributed by atoms with Crippen LogP contribution in [0.5, 0.6) is 0 Å². The number of hydrogen-bond acceptors (Lipinski definition) is 4. The van der Waals surface area contributed by atoms with E-state index in [-0.39, 0.29) is 6.04 Å². The molecule has 0 radical (unpaired) electrons. The molecule has 0 saturated carbocycles. The summed E-state index contributed by atoms with van der Waals surface area (Å²) in [6.07, 6.45) is 0. The minimum absolute atomic E-state index is 0.0906. The summed E-state index contributed by atoms with van der Waals surface area (Å²) in [5.74, 6) is 0. The first kappa shape index (κ1) is 7.94. The highest BCUT2D eigenvalue weighted by Crippen LogP contribution is 1.90. The van der Waals surface area contributed by atoms with E-state index in [1.807, 2.05) is 0 Å². The first-order chi connectivity index (χ1) is 4.84. The maximum absolute atomic E-state index is 5.72. The molecule has 0 bridgehead atoms. The molecule has 2 atom stereocenters. The quantitative estimate of drug-likeness (QED) is 0.356. The van der Waals surface area contributed by atoms with Gasteiger partial charge >= 0.3 is 0 Å². The monoisotopic (exact) mass is 144 g/mol. The lowest BCUT2D eigenvalue weighted by atomic mass is 10.1. The van der Waals surface area contributed by atoms with Gasteiger partial charge in [0, 0.05) is 38.3 Å². The molecule has 1 heterocycles. The minimum Gasteiger partial charge on any atom is -0.329 e. The molecule has 4 nitrogen and oxygen atoms in total. The Morgan fingerprint density at radius 2 is 2.30 bits per heavy atom. The zero-order valence-electron chi connectivity index (χ0n) is 6.14. The van der Waals surface area contributed by atoms with E-state index in [9.17, 15) is 0 Å². The summed E-state index contributed by atoms with van der Waals surface area (Å²) in [7, 11) is 0. The molecule has 1 rings (SSSR count). The summed E-state index contributed by atoms with van der Waals surface area (Å²) < 4.78 is 0. The van der Waals surface area contributed by atoms with Crippen LogP contribution in [0.1, 0.15) is 0 Å². The van der Waals surface area contributed by atoms with Crippen molar-refractivity contribution in [1.29, 1.82) is 0 Å². The predicted molar refractivity (Wildman–Crippen MR) is 41.7 cm³/mol. The molecule has 4 heteroatoms. The standard InChI is InChI=1S/C6H16N4/c7-3-5(8)6-4-9-1-2-10-6/h5-6,9-10H,1-4,7-8H2. The maximum Gasteiger partial charge on any atom is 0.0357 e. The zero-order chi connectivity index (χ0) is 7.40. The number of nitrogens with two attached hydrogens (primary N) is 2. The molecule has 1 fully saturated rings. The molecule has 0 aromatic rings. The molecule has 0 amide bonds. The maximum atomic E-state index is 5.72. The molecule has 2 unspecified atom stereocenters. The van der Waals surface area contributed by atoms with Gasteiger partial charge in [-0.15, -0.1) is 0 Å². The molecule has 6 N–H and O–H groups in total. The molecular weight excluding hydrogens is 128 g/mol. The van der Waals surface area contributed by atoms with Gasteiger partial charge < -0.3 is 22.1 Å². The van der Waals surface area contributed by atoms with Crippen LogP contribution in [-0.4, -0.2) is 38.3 Å². The smallest absolute Gasteiger partial charge is 0.0357 e. The van der Waals surface area contributed by atoms with Crippen LogP contribution in [0.4, 0.5) is 0 Å². The van der Waals surface area contributed by atoms with Crippen LogP contribution in [0.3, 0.4) is 0 Å². The third kappa shape index (κ3) is 1.91. The van der Waals surface area contributed by atoms with E-state index in [0.717, 1.165) is 19.6 Å². The molecule has 0 aliphatic carbocycles. The van der Waals surface area contributed by atoms with Crippen LogP contribution in [0.15, 0.2) is 0 Å². The molecule has 1 aliphatic rings. The first-order valence-corrected chi connectivity index (χ1v) is 3.74. The second-order valence-corrected chi connectivity index (χ2v) is 2.66. The summed E-state index contributed by atoms with van der Waals surface area (Å²) in [5.41, 5.74) is 11.1. The fourth-order valence-electron chi connectivity index (χ4n) is 1.14. The highest BCUT2D eigenvalue weighted by Gasteiger charge is 2.17. The Hall–Kier alpha value is -0.160. The van der Waals surface area contributed by atoms with Crippen molar-refractivity contribution < 1.29 is 0 Å². The number of piperazine rings is 1. The number of rotatable bonds is 2. The highest BCUT2D eigenvalue weighted by atomic mass is 15.1. The second kappa shape index (κ2) is 3.88. The fraction of sp³-hybridized carbons (Fsp3) is 1.00. The Morgan fingerprint density at radius 3 is 2.80 bits per heavy atom. The SMILES string of the molecule is NCC(N)C1CNCCN1. The summed E-state index contributed by atoms with van der Waals surface area (Å²) in [4.78, 5) is 0.